The van der Waals surface area contributed by atoms with Crippen LogP contribution in [0.3, 0.4) is 0 Å². The number of hydrogen-bond donors (Lipinski definition) is 0. The fraction of sp³-hybridized carbons (Fsp3) is 0. The fourth-order valence-corrected chi connectivity index (χ4v) is 2.71. The van der Waals surface area contributed by atoms with E-state index in [9.17, 15) is 0 Å². The Morgan fingerprint density at radius 1 is 0.630 bits per heavy atom. The topological polar surface area (TPSA) is 25.8 Å². The maximum absolute atomic E-state index is 4.32. The van der Waals surface area contributed by atoms with Gasteiger partial charge in [0.2, 0.25) is 0 Å². The van der Waals surface area contributed by atoms with E-state index in [4.69, 9.17) is 0 Å². The van der Waals surface area contributed by atoms with Gasteiger partial charge in [-0.25, -0.2) is 0 Å². The molecule has 2 aromatic heterocycles. The van der Waals surface area contributed by atoms with E-state index in [1.165, 1.54) is 0 Å². The summed E-state index contributed by atoms with van der Waals surface area (Å²) in [5, 5.41) is 0. The molecule has 27 heavy (non-hydrogen) atoms. The molecule has 4 rings (SSSR count). The summed E-state index contributed by atoms with van der Waals surface area (Å²) in [4.78, 5) is 8.64. The van der Waals surface area contributed by atoms with E-state index < -0.39 is 0 Å². The molecule has 0 N–H and O–H groups in total. The van der Waals surface area contributed by atoms with E-state index in [1.807, 2.05) is 60.7 Å². The Hall–Kier alpha value is -3.00. The third-order valence-corrected chi connectivity index (χ3v) is 3.99. The molecule has 4 aromatic rings. The smallest absolute Gasteiger partial charge is 0.276 e. The van der Waals surface area contributed by atoms with Crippen LogP contribution in [0.2, 0.25) is 0 Å². The predicted octanol–water partition coefficient (Wildman–Crippen LogP) is 6.22. The van der Waals surface area contributed by atoms with Gasteiger partial charge in [-0.1, -0.05) is 46.5 Å². The van der Waals surface area contributed by atoms with Crippen LogP contribution >= 0.6 is 0 Å². The largest absolute Gasteiger partial charge is 2.00 e. The maximum Gasteiger partial charge on any atom is 2.00 e. The second-order valence-corrected chi connectivity index (χ2v) is 5.64. The fourth-order valence-electron chi connectivity index (χ4n) is 2.71. The van der Waals surface area contributed by atoms with Crippen LogP contribution in [0.5, 0.6) is 0 Å². The second kappa shape index (κ2) is 10.2. The standard InChI is InChI=1S/2C12H10N.Fe/c2*1-2-10-8-5-9-13-12(10)11-6-3-4-7-11;/h2*2-9H,1H2;/q2*-1;+2. The minimum Gasteiger partial charge on any atom is -0.276 e. The van der Waals surface area contributed by atoms with Gasteiger partial charge in [-0.2, -0.15) is 24.3 Å². The van der Waals surface area contributed by atoms with Crippen LogP contribution < -0.4 is 0 Å². The zero-order chi connectivity index (χ0) is 18.2. The van der Waals surface area contributed by atoms with Gasteiger partial charge in [0.05, 0.1) is 0 Å². The number of pyridine rings is 2. The summed E-state index contributed by atoms with van der Waals surface area (Å²) in [6.45, 7) is 7.52. The van der Waals surface area contributed by atoms with Crippen molar-refractivity contribution >= 4 is 12.2 Å². The number of nitrogens with zero attached hydrogens (tertiary/aromatic N) is 2. The van der Waals surface area contributed by atoms with Crippen molar-refractivity contribution in [3.8, 4) is 22.5 Å². The molecule has 3 heteroatoms. The summed E-state index contributed by atoms with van der Waals surface area (Å²) in [6.07, 6.45) is 7.26. The van der Waals surface area contributed by atoms with E-state index in [0.29, 0.717) is 0 Å². The van der Waals surface area contributed by atoms with Crippen molar-refractivity contribution < 1.29 is 17.1 Å². The zero-order valence-corrected chi connectivity index (χ0v) is 16.0. The Bertz CT molecular complexity index is 886. The number of hydrogen-bond acceptors (Lipinski definition) is 2. The monoisotopic (exact) mass is 392 g/mol. The Labute approximate surface area is 171 Å². The quantitative estimate of drug-likeness (QED) is 0.304. The normalized spacial score (nSPS) is 9.48. The molecule has 134 valence electrons. The van der Waals surface area contributed by atoms with Gasteiger partial charge in [-0.15, -0.1) is 49.6 Å². The van der Waals surface area contributed by atoms with Gasteiger partial charge in [0.15, 0.2) is 0 Å². The average Bonchev–Trinajstić information content (AvgIpc) is 3.42. The van der Waals surface area contributed by atoms with Crippen LogP contribution in [-0.4, -0.2) is 9.97 Å². The van der Waals surface area contributed by atoms with Crippen molar-refractivity contribution in [1.82, 2.24) is 9.97 Å². The van der Waals surface area contributed by atoms with E-state index in [2.05, 4.69) is 47.4 Å². The number of rotatable bonds is 4. The predicted molar refractivity (Wildman–Crippen MR) is 111 cm³/mol. The van der Waals surface area contributed by atoms with Gasteiger partial charge in [0.25, 0.3) is 0 Å². The van der Waals surface area contributed by atoms with Gasteiger partial charge in [-0.3, -0.25) is 9.97 Å². The van der Waals surface area contributed by atoms with E-state index >= 15 is 0 Å². The first-order chi connectivity index (χ1) is 12.8. The Kier molecular flexibility index (Phi) is 7.69. The molecule has 0 spiro atoms. The summed E-state index contributed by atoms with van der Waals surface area (Å²) in [5.74, 6) is 0. The minimum absolute atomic E-state index is 0. The van der Waals surface area contributed by atoms with Crippen LogP contribution in [0.25, 0.3) is 34.7 Å². The van der Waals surface area contributed by atoms with Crippen molar-refractivity contribution in [1.29, 1.82) is 0 Å². The van der Waals surface area contributed by atoms with Crippen molar-refractivity contribution in [2.45, 2.75) is 0 Å². The first kappa shape index (κ1) is 20.3. The average molecular weight is 392 g/mol. The van der Waals surface area contributed by atoms with Crippen LogP contribution in [0.15, 0.2) is 98.3 Å². The summed E-state index contributed by atoms with van der Waals surface area (Å²) in [6, 6.07) is 24.1. The van der Waals surface area contributed by atoms with Gasteiger partial charge < -0.3 is 0 Å². The summed E-state index contributed by atoms with van der Waals surface area (Å²) < 4.78 is 0. The van der Waals surface area contributed by atoms with Gasteiger partial charge in [-0.05, 0) is 11.4 Å². The van der Waals surface area contributed by atoms with Crippen LogP contribution in [-0.2, 0) is 17.1 Å². The van der Waals surface area contributed by atoms with Gasteiger partial charge in [0, 0.05) is 12.4 Å². The molecule has 2 aromatic carbocycles. The van der Waals surface area contributed by atoms with Crippen LogP contribution in [0, 0.1) is 0 Å². The summed E-state index contributed by atoms with van der Waals surface area (Å²) >= 11 is 0. The molecule has 2 nitrogen and oxygen atoms in total. The van der Waals surface area contributed by atoms with E-state index in [0.717, 1.165) is 33.6 Å². The first-order valence-corrected chi connectivity index (χ1v) is 8.42. The number of aromatic nitrogens is 2. The Balaban J connectivity index is 0.000000187. The molecular formula is C24H20FeN2. The molecule has 0 aliphatic rings. The Morgan fingerprint density at radius 2 is 1.00 bits per heavy atom. The Morgan fingerprint density at radius 3 is 1.33 bits per heavy atom. The molecule has 0 aliphatic carbocycles. The van der Waals surface area contributed by atoms with Gasteiger partial charge >= 0.3 is 17.1 Å². The SMILES string of the molecule is C=Cc1cccnc1-[c-]1cccc1.C=Cc1cccnc1-[c-]1cccc1.[Fe+2]. The third kappa shape index (κ3) is 5.01. The molecule has 0 aliphatic heterocycles. The molecule has 0 fully saturated rings. The second-order valence-electron chi connectivity index (χ2n) is 5.64. The van der Waals surface area contributed by atoms with Crippen molar-refractivity contribution in [2.75, 3.05) is 0 Å². The molecule has 2 heterocycles. The minimum atomic E-state index is 0. The van der Waals surface area contributed by atoms with E-state index in [1.54, 1.807) is 12.4 Å². The molecule has 0 saturated carbocycles. The molecule has 0 saturated heterocycles. The van der Waals surface area contributed by atoms with Crippen molar-refractivity contribution in [2.24, 2.45) is 0 Å². The van der Waals surface area contributed by atoms with E-state index in [-0.39, 0.29) is 17.1 Å². The molecule has 0 atom stereocenters. The summed E-state index contributed by atoms with van der Waals surface area (Å²) in [7, 11) is 0. The van der Waals surface area contributed by atoms with Crippen LogP contribution in [0.1, 0.15) is 11.1 Å². The molecule has 0 amide bonds. The maximum atomic E-state index is 4.32. The summed E-state index contributed by atoms with van der Waals surface area (Å²) in [5.41, 5.74) is 6.46. The van der Waals surface area contributed by atoms with Gasteiger partial charge in [0.1, 0.15) is 0 Å². The third-order valence-electron chi connectivity index (χ3n) is 3.99. The molecule has 0 radical (unpaired) electrons. The van der Waals surface area contributed by atoms with Crippen molar-refractivity contribution in [3.05, 3.63) is 109 Å². The molecular weight excluding hydrogens is 372 g/mol. The zero-order valence-electron chi connectivity index (χ0n) is 14.9. The van der Waals surface area contributed by atoms with Crippen LogP contribution in [0.4, 0.5) is 0 Å². The first-order valence-electron chi connectivity index (χ1n) is 8.42. The molecule has 0 unspecified atom stereocenters. The molecule has 0 bridgehead atoms. The van der Waals surface area contributed by atoms with Crippen molar-refractivity contribution in [3.63, 3.8) is 0 Å².